The lowest BCUT2D eigenvalue weighted by molar-refractivity contribution is 0.430. The molecule has 0 radical (unpaired) electrons. The Bertz CT molecular complexity index is 1200. The molecule has 0 saturated heterocycles. The summed E-state index contributed by atoms with van der Waals surface area (Å²) in [5.41, 5.74) is 6.60. The Morgan fingerprint density at radius 1 is 1.10 bits per heavy atom. The number of halogens is 1. The number of hydrogen-bond donors (Lipinski definition) is 0. The van der Waals surface area contributed by atoms with Crippen molar-refractivity contribution in [2.24, 2.45) is 0 Å². The number of nitrogens with zero attached hydrogens (tertiary/aromatic N) is 4. The second-order valence-electron chi connectivity index (χ2n) is 7.25. The predicted molar refractivity (Wildman–Crippen MR) is 115 cm³/mol. The van der Waals surface area contributed by atoms with Gasteiger partial charge in [0.1, 0.15) is 5.82 Å². The number of aromatic nitrogens is 4. The Kier molecular flexibility index (Phi) is 5.31. The summed E-state index contributed by atoms with van der Waals surface area (Å²) < 4.78 is 21.0. The highest BCUT2D eigenvalue weighted by Crippen LogP contribution is 2.29. The van der Waals surface area contributed by atoms with Gasteiger partial charge in [0, 0.05) is 17.7 Å². The van der Waals surface area contributed by atoms with E-state index in [4.69, 9.17) is 4.52 Å². The first-order chi connectivity index (χ1) is 14.5. The molecule has 2 aromatic carbocycles. The second-order valence-corrected chi connectivity index (χ2v) is 7.25. The van der Waals surface area contributed by atoms with E-state index >= 15 is 0 Å². The Labute approximate surface area is 174 Å². The van der Waals surface area contributed by atoms with Gasteiger partial charge in [-0.05, 0) is 74.2 Å². The summed E-state index contributed by atoms with van der Waals surface area (Å²) in [5.74, 6) is 0.559. The van der Waals surface area contributed by atoms with Gasteiger partial charge in [0.05, 0.1) is 5.69 Å². The quantitative estimate of drug-likeness (QED) is 0.384. The lowest BCUT2D eigenvalue weighted by Gasteiger charge is -2.09. The van der Waals surface area contributed by atoms with Crippen LogP contribution in [0.15, 0.2) is 59.6 Å². The minimum Gasteiger partial charge on any atom is -0.332 e. The average Bonchev–Trinajstić information content (AvgIpc) is 3.37. The van der Waals surface area contributed by atoms with E-state index in [9.17, 15) is 4.39 Å². The van der Waals surface area contributed by atoms with Gasteiger partial charge in [-0.3, -0.25) is 4.68 Å². The molecule has 0 fully saturated rings. The van der Waals surface area contributed by atoms with Crippen LogP contribution in [0.3, 0.4) is 0 Å². The fourth-order valence-corrected chi connectivity index (χ4v) is 3.68. The molecule has 0 unspecified atom stereocenters. The molecule has 0 amide bonds. The van der Waals surface area contributed by atoms with E-state index in [0.29, 0.717) is 24.0 Å². The molecule has 0 aliphatic heterocycles. The van der Waals surface area contributed by atoms with Crippen molar-refractivity contribution in [3.63, 3.8) is 0 Å². The summed E-state index contributed by atoms with van der Waals surface area (Å²) >= 11 is 0. The molecule has 6 heteroatoms. The van der Waals surface area contributed by atoms with Gasteiger partial charge in [-0.15, -0.1) is 6.58 Å². The van der Waals surface area contributed by atoms with E-state index < -0.39 is 0 Å². The SMILES string of the molecule is C=CCc1c(C)cc(-c2noc(-c3cc(-c4cccc(F)c4)n(CC)n3)n2)cc1C. The van der Waals surface area contributed by atoms with Crippen molar-refractivity contribution in [3.8, 4) is 34.2 Å². The Hall–Kier alpha value is -3.54. The summed E-state index contributed by atoms with van der Waals surface area (Å²) in [5, 5.41) is 8.73. The van der Waals surface area contributed by atoms with Crippen molar-refractivity contribution < 1.29 is 8.91 Å². The fraction of sp³-hybridized carbons (Fsp3) is 0.208. The first-order valence-electron chi connectivity index (χ1n) is 9.89. The molecule has 2 heterocycles. The first kappa shape index (κ1) is 19.8. The van der Waals surface area contributed by atoms with Gasteiger partial charge in [-0.25, -0.2) is 4.39 Å². The van der Waals surface area contributed by atoms with Crippen molar-refractivity contribution >= 4 is 0 Å². The van der Waals surface area contributed by atoms with Crippen molar-refractivity contribution in [2.45, 2.75) is 33.7 Å². The predicted octanol–water partition coefficient (Wildman–Crippen LogP) is 5.77. The summed E-state index contributed by atoms with van der Waals surface area (Å²) in [6.07, 6.45) is 2.73. The largest absolute Gasteiger partial charge is 0.332 e. The molecule has 0 bridgehead atoms. The normalized spacial score (nSPS) is 11.1. The monoisotopic (exact) mass is 402 g/mol. The summed E-state index contributed by atoms with van der Waals surface area (Å²) in [4.78, 5) is 4.56. The molecule has 0 atom stereocenters. The molecule has 30 heavy (non-hydrogen) atoms. The Morgan fingerprint density at radius 2 is 1.87 bits per heavy atom. The molecule has 0 aliphatic carbocycles. The van der Waals surface area contributed by atoms with Crippen LogP contribution >= 0.6 is 0 Å². The molecule has 0 spiro atoms. The van der Waals surface area contributed by atoms with E-state index in [1.54, 1.807) is 10.7 Å². The van der Waals surface area contributed by atoms with Gasteiger partial charge in [-0.1, -0.05) is 23.4 Å². The van der Waals surface area contributed by atoms with Crippen LogP contribution in [-0.4, -0.2) is 19.9 Å². The minimum absolute atomic E-state index is 0.288. The standard InChI is InChI=1S/C24H23FN4O/c1-5-8-20-15(3)11-18(12-16(20)4)23-26-24(30-28-23)21-14-22(29(6-2)27-21)17-9-7-10-19(25)13-17/h5,7,9-14H,1,6,8H2,2-4H3. The summed E-state index contributed by atoms with van der Waals surface area (Å²) in [6.45, 7) is 10.6. The van der Waals surface area contributed by atoms with Crippen LogP contribution in [0.2, 0.25) is 0 Å². The van der Waals surface area contributed by atoms with Crippen molar-refractivity contribution in [3.05, 3.63) is 77.6 Å². The van der Waals surface area contributed by atoms with Crippen LogP contribution in [0.5, 0.6) is 0 Å². The second kappa shape index (κ2) is 8.06. The van der Waals surface area contributed by atoms with Crippen LogP contribution < -0.4 is 0 Å². The molecule has 5 nitrogen and oxygen atoms in total. The first-order valence-corrected chi connectivity index (χ1v) is 9.89. The maximum absolute atomic E-state index is 13.7. The van der Waals surface area contributed by atoms with Crippen molar-refractivity contribution in [1.82, 2.24) is 19.9 Å². The maximum atomic E-state index is 13.7. The van der Waals surface area contributed by atoms with Crippen LogP contribution in [0, 0.1) is 19.7 Å². The van der Waals surface area contributed by atoms with Crippen LogP contribution in [0.1, 0.15) is 23.6 Å². The van der Waals surface area contributed by atoms with Gasteiger partial charge in [0.2, 0.25) is 5.82 Å². The zero-order valence-electron chi connectivity index (χ0n) is 17.3. The molecule has 0 N–H and O–H groups in total. The van der Waals surface area contributed by atoms with E-state index in [-0.39, 0.29) is 5.82 Å². The smallest absolute Gasteiger partial charge is 0.278 e. The number of benzene rings is 2. The number of allylic oxidation sites excluding steroid dienone is 1. The topological polar surface area (TPSA) is 56.7 Å². The fourth-order valence-electron chi connectivity index (χ4n) is 3.68. The van der Waals surface area contributed by atoms with Gasteiger partial charge in [-0.2, -0.15) is 10.1 Å². The highest BCUT2D eigenvalue weighted by molar-refractivity contribution is 5.67. The zero-order valence-corrected chi connectivity index (χ0v) is 17.3. The van der Waals surface area contributed by atoms with E-state index in [1.807, 2.05) is 25.1 Å². The zero-order chi connectivity index (χ0) is 21.3. The molecular weight excluding hydrogens is 379 g/mol. The highest BCUT2D eigenvalue weighted by atomic mass is 19.1. The van der Waals surface area contributed by atoms with Crippen LogP contribution in [0.25, 0.3) is 34.2 Å². The molecular formula is C24H23FN4O. The summed E-state index contributed by atoms with van der Waals surface area (Å²) in [7, 11) is 0. The van der Waals surface area contributed by atoms with Crippen molar-refractivity contribution in [2.75, 3.05) is 0 Å². The Balaban J connectivity index is 1.71. The molecule has 0 saturated carbocycles. The van der Waals surface area contributed by atoms with E-state index in [1.165, 1.54) is 28.8 Å². The molecule has 4 rings (SSSR count). The van der Waals surface area contributed by atoms with E-state index in [0.717, 1.165) is 23.2 Å². The maximum Gasteiger partial charge on any atom is 0.278 e. The molecule has 2 aromatic heterocycles. The van der Waals surface area contributed by atoms with Crippen molar-refractivity contribution in [1.29, 1.82) is 0 Å². The third kappa shape index (κ3) is 3.68. The Morgan fingerprint density at radius 3 is 2.53 bits per heavy atom. The third-order valence-electron chi connectivity index (χ3n) is 5.15. The van der Waals surface area contributed by atoms with Gasteiger partial charge in [0.25, 0.3) is 5.89 Å². The van der Waals surface area contributed by atoms with Gasteiger partial charge < -0.3 is 4.52 Å². The molecule has 0 aliphatic rings. The number of rotatable bonds is 6. The average molecular weight is 402 g/mol. The van der Waals surface area contributed by atoms with E-state index in [2.05, 4.69) is 47.8 Å². The lowest BCUT2D eigenvalue weighted by Crippen LogP contribution is -1.99. The number of aryl methyl sites for hydroxylation is 3. The van der Waals surface area contributed by atoms with Crippen LogP contribution in [0.4, 0.5) is 4.39 Å². The van der Waals surface area contributed by atoms with Crippen LogP contribution in [-0.2, 0) is 13.0 Å². The molecule has 152 valence electrons. The minimum atomic E-state index is -0.288. The third-order valence-corrected chi connectivity index (χ3v) is 5.15. The highest BCUT2D eigenvalue weighted by Gasteiger charge is 2.18. The molecule has 4 aromatic rings. The van der Waals surface area contributed by atoms with Gasteiger partial charge in [0.15, 0.2) is 5.69 Å². The lowest BCUT2D eigenvalue weighted by atomic mass is 9.97. The number of hydrogen-bond acceptors (Lipinski definition) is 4. The summed E-state index contributed by atoms with van der Waals surface area (Å²) in [6, 6.07) is 12.4. The van der Waals surface area contributed by atoms with Gasteiger partial charge >= 0.3 is 0 Å².